The minimum Gasteiger partial charge on any atom is -0.354 e. The molecule has 0 amide bonds. The average molecular weight is 273 g/mol. The molecule has 0 fully saturated rings. The van der Waals surface area contributed by atoms with Gasteiger partial charge >= 0.3 is 0 Å². The van der Waals surface area contributed by atoms with Crippen LogP contribution in [-0.2, 0) is 0 Å². The van der Waals surface area contributed by atoms with E-state index in [0.29, 0.717) is 0 Å². The molecule has 0 aliphatic carbocycles. The topological polar surface area (TPSA) is 16.1 Å². The molecule has 0 N–H and O–H groups in total. The summed E-state index contributed by atoms with van der Waals surface area (Å²) in [6.07, 6.45) is 0. The number of hydrogen-bond acceptors (Lipinski definition) is 3. The van der Waals surface area contributed by atoms with Crippen molar-refractivity contribution in [3.63, 3.8) is 0 Å². The van der Waals surface area contributed by atoms with E-state index in [4.69, 9.17) is 0 Å². The Hall–Kier alpha value is -0.610. The van der Waals surface area contributed by atoms with Crippen LogP contribution in [0, 0.1) is 6.92 Å². The minimum atomic E-state index is 0. The van der Waals surface area contributed by atoms with E-state index in [1.54, 1.807) is 11.3 Å². The first-order chi connectivity index (χ1) is 6.18. The van der Waals surface area contributed by atoms with E-state index in [2.05, 4.69) is 30.1 Å². The van der Waals surface area contributed by atoms with Gasteiger partial charge < -0.3 is 4.90 Å². The smallest absolute Gasteiger partial charge is 0.185 e. The van der Waals surface area contributed by atoms with Crippen molar-refractivity contribution in [3.8, 4) is 0 Å². The predicted molar refractivity (Wildman–Crippen MR) is 69.0 cm³/mol. The number of hydrogen-bond donors (Lipinski definition) is 0. The van der Waals surface area contributed by atoms with Crippen LogP contribution in [0.1, 0.15) is 5.56 Å². The van der Waals surface area contributed by atoms with Gasteiger partial charge in [0.05, 0.1) is 10.2 Å². The fraction of sp³-hybridized carbons (Fsp3) is 0.300. The van der Waals surface area contributed by atoms with Crippen LogP contribution in [0.25, 0.3) is 10.2 Å². The Morgan fingerprint density at radius 2 is 2.00 bits per heavy atom. The third-order valence-corrected chi connectivity index (χ3v) is 3.18. The fourth-order valence-electron chi connectivity index (χ4n) is 1.27. The largest absolute Gasteiger partial charge is 0.354 e. The maximum Gasteiger partial charge on any atom is 0.185 e. The number of para-hydroxylation sites is 1. The van der Waals surface area contributed by atoms with Gasteiger partial charge in [0.15, 0.2) is 5.13 Å². The molecular weight excluding hydrogens is 260 g/mol. The van der Waals surface area contributed by atoms with Crippen LogP contribution >= 0.6 is 28.3 Å². The number of benzene rings is 1. The summed E-state index contributed by atoms with van der Waals surface area (Å²) in [5.74, 6) is 0. The highest BCUT2D eigenvalue weighted by molar-refractivity contribution is 8.93. The van der Waals surface area contributed by atoms with Gasteiger partial charge in [-0.2, -0.15) is 0 Å². The highest BCUT2D eigenvalue weighted by Crippen LogP contribution is 2.28. The number of halogens is 1. The Morgan fingerprint density at radius 1 is 1.29 bits per heavy atom. The van der Waals surface area contributed by atoms with Crippen molar-refractivity contribution in [2.24, 2.45) is 0 Å². The van der Waals surface area contributed by atoms with Gasteiger partial charge in [0.2, 0.25) is 0 Å². The van der Waals surface area contributed by atoms with E-state index >= 15 is 0 Å². The Morgan fingerprint density at radius 3 is 2.57 bits per heavy atom. The van der Waals surface area contributed by atoms with Crippen molar-refractivity contribution in [2.45, 2.75) is 6.92 Å². The number of nitrogens with zero attached hydrogens (tertiary/aromatic N) is 2. The molecule has 0 bridgehead atoms. The maximum atomic E-state index is 4.56. The molecule has 2 aromatic rings. The molecule has 0 saturated carbocycles. The maximum absolute atomic E-state index is 4.56. The molecule has 2 rings (SSSR count). The van der Waals surface area contributed by atoms with E-state index in [-0.39, 0.29) is 17.0 Å². The number of aryl methyl sites for hydroxylation is 1. The molecule has 0 atom stereocenters. The van der Waals surface area contributed by atoms with E-state index < -0.39 is 0 Å². The van der Waals surface area contributed by atoms with Crippen LogP contribution in [0.15, 0.2) is 18.2 Å². The second-order valence-electron chi connectivity index (χ2n) is 3.31. The zero-order valence-corrected chi connectivity index (χ0v) is 11.0. The number of anilines is 1. The molecule has 0 radical (unpaired) electrons. The van der Waals surface area contributed by atoms with Gasteiger partial charge in [-0.3, -0.25) is 0 Å². The molecular formula is C10H13BrN2S. The Bertz CT molecular complexity index is 437. The van der Waals surface area contributed by atoms with Crippen molar-refractivity contribution in [3.05, 3.63) is 23.8 Å². The van der Waals surface area contributed by atoms with E-state index in [1.807, 2.05) is 19.0 Å². The average Bonchev–Trinajstić information content (AvgIpc) is 2.49. The third kappa shape index (κ3) is 1.91. The fourth-order valence-corrected chi connectivity index (χ4v) is 2.23. The summed E-state index contributed by atoms with van der Waals surface area (Å²) in [4.78, 5) is 6.60. The first-order valence-corrected chi connectivity index (χ1v) is 5.03. The van der Waals surface area contributed by atoms with Crippen LogP contribution in [0.4, 0.5) is 5.13 Å². The third-order valence-electron chi connectivity index (χ3n) is 1.99. The highest BCUT2D eigenvalue weighted by Gasteiger charge is 2.05. The van der Waals surface area contributed by atoms with E-state index in [9.17, 15) is 0 Å². The summed E-state index contributed by atoms with van der Waals surface area (Å²) in [7, 11) is 4.04. The molecule has 0 saturated heterocycles. The van der Waals surface area contributed by atoms with Gasteiger partial charge in [-0.25, -0.2) is 4.98 Å². The molecule has 1 aromatic carbocycles. The molecule has 14 heavy (non-hydrogen) atoms. The zero-order valence-electron chi connectivity index (χ0n) is 8.44. The van der Waals surface area contributed by atoms with Gasteiger partial charge in [-0.05, 0) is 18.6 Å². The number of aromatic nitrogens is 1. The van der Waals surface area contributed by atoms with Gasteiger partial charge in [0.1, 0.15) is 0 Å². The first-order valence-electron chi connectivity index (χ1n) is 4.22. The van der Waals surface area contributed by atoms with E-state index in [0.717, 1.165) is 10.6 Å². The molecule has 0 aliphatic rings. The molecule has 0 aliphatic heterocycles. The zero-order chi connectivity index (χ0) is 9.42. The summed E-state index contributed by atoms with van der Waals surface area (Å²) >= 11 is 1.73. The lowest BCUT2D eigenvalue weighted by Crippen LogP contribution is -2.07. The van der Waals surface area contributed by atoms with Crippen LogP contribution < -0.4 is 4.90 Å². The second kappa shape index (κ2) is 4.28. The van der Waals surface area contributed by atoms with Crippen LogP contribution in [0.5, 0.6) is 0 Å². The molecule has 1 aromatic heterocycles. The van der Waals surface area contributed by atoms with Crippen molar-refractivity contribution >= 4 is 43.7 Å². The van der Waals surface area contributed by atoms with Crippen LogP contribution in [-0.4, -0.2) is 19.1 Å². The second-order valence-corrected chi connectivity index (χ2v) is 4.32. The van der Waals surface area contributed by atoms with Crippen molar-refractivity contribution in [1.82, 2.24) is 4.98 Å². The van der Waals surface area contributed by atoms with Crippen LogP contribution in [0.2, 0.25) is 0 Å². The summed E-state index contributed by atoms with van der Waals surface area (Å²) in [6, 6.07) is 6.30. The Kier molecular flexibility index (Phi) is 3.50. The Balaban J connectivity index is 0.000000980. The molecule has 1 heterocycles. The predicted octanol–water partition coefficient (Wildman–Crippen LogP) is 3.25. The normalized spacial score (nSPS) is 9.93. The lowest BCUT2D eigenvalue weighted by Gasteiger charge is -2.04. The van der Waals surface area contributed by atoms with Crippen molar-refractivity contribution in [2.75, 3.05) is 19.0 Å². The van der Waals surface area contributed by atoms with Crippen LogP contribution in [0.3, 0.4) is 0 Å². The van der Waals surface area contributed by atoms with Gasteiger partial charge in [-0.1, -0.05) is 23.5 Å². The molecule has 76 valence electrons. The lowest BCUT2D eigenvalue weighted by atomic mass is 10.2. The number of rotatable bonds is 1. The molecule has 4 heteroatoms. The number of fused-ring (bicyclic) bond motifs is 1. The summed E-state index contributed by atoms with van der Waals surface area (Å²) in [5, 5.41) is 1.07. The summed E-state index contributed by atoms with van der Waals surface area (Å²) in [5.41, 5.74) is 2.39. The molecule has 0 spiro atoms. The SMILES string of the molecule is Br.Cc1cccc2sc(N(C)C)nc12. The molecule has 0 unspecified atom stereocenters. The standard InChI is InChI=1S/C10H12N2S.BrH/c1-7-5-4-6-8-9(7)11-10(13-8)12(2)3;/h4-6H,1-3H3;1H. The first kappa shape index (κ1) is 11.5. The summed E-state index contributed by atoms with van der Waals surface area (Å²) in [6.45, 7) is 2.10. The highest BCUT2D eigenvalue weighted by atomic mass is 79.9. The summed E-state index contributed by atoms with van der Waals surface area (Å²) < 4.78 is 1.27. The van der Waals surface area contributed by atoms with Crippen molar-refractivity contribution in [1.29, 1.82) is 0 Å². The quantitative estimate of drug-likeness (QED) is 0.793. The minimum absolute atomic E-state index is 0. The van der Waals surface area contributed by atoms with Gasteiger partial charge in [0, 0.05) is 14.1 Å². The monoisotopic (exact) mass is 272 g/mol. The number of thiazole rings is 1. The lowest BCUT2D eigenvalue weighted by molar-refractivity contribution is 1.11. The van der Waals surface area contributed by atoms with E-state index in [1.165, 1.54) is 10.3 Å². The van der Waals surface area contributed by atoms with Crippen molar-refractivity contribution < 1.29 is 0 Å². The Labute approximate surface area is 98.3 Å². The van der Waals surface area contributed by atoms with Gasteiger partial charge in [0.25, 0.3) is 0 Å². The van der Waals surface area contributed by atoms with Gasteiger partial charge in [-0.15, -0.1) is 17.0 Å². The molecule has 2 nitrogen and oxygen atoms in total.